The Morgan fingerprint density at radius 1 is 0.762 bits per heavy atom. The smallest absolute Gasteiger partial charge is 0.352 e. The third-order valence-electron chi connectivity index (χ3n) is 13.7. The van der Waals surface area contributed by atoms with Crippen molar-refractivity contribution in [3.8, 4) is 0 Å². The van der Waals surface area contributed by atoms with E-state index in [0.717, 1.165) is 0 Å². The highest BCUT2D eigenvalue weighted by Gasteiger charge is 2.63. The molecule has 0 aromatic heterocycles. The van der Waals surface area contributed by atoms with Crippen LogP contribution < -0.4 is 88.8 Å². The molecule has 1 saturated carbocycles. The van der Waals surface area contributed by atoms with Crippen LogP contribution in [0.3, 0.4) is 0 Å². The van der Waals surface area contributed by atoms with Crippen LogP contribution in [0.15, 0.2) is 41.0 Å². The van der Waals surface area contributed by atoms with Crippen molar-refractivity contribution >= 4 is 59.2 Å². The molecule has 1 aliphatic carbocycles. The molecule has 0 radical (unpaired) electrons. The van der Waals surface area contributed by atoms with Gasteiger partial charge in [0.2, 0.25) is 47.3 Å². The molecule has 10 atom stereocenters. The largest absolute Gasteiger partial charge is 0.477 e. The summed E-state index contributed by atoms with van der Waals surface area (Å²) in [6.07, 6.45) is 1.39. The van der Waals surface area contributed by atoms with Crippen LogP contribution in [0.2, 0.25) is 0 Å². The van der Waals surface area contributed by atoms with Crippen LogP contribution in [0.5, 0.6) is 0 Å². The summed E-state index contributed by atoms with van der Waals surface area (Å²) in [6.45, 7) is 0.0866. The molecule has 1 heterocycles. The fourth-order valence-corrected chi connectivity index (χ4v) is 9.13. The van der Waals surface area contributed by atoms with Crippen molar-refractivity contribution in [3.63, 3.8) is 0 Å². The molecule has 3 rings (SSSR count). The second-order valence-corrected chi connectivity index (χ2v) is 19.8. The summed E-state index contributed by atoms with van der Waals surface area (Å²) >= 11 is 0. The average molecular weight is 1130 g/mol. The number of carboxylic acid groups (broad SMARTS) is 1. The number of guanidine groups is 1. The summed E-state index contributed by atoms with van der Waals surface area (Å²) < 4.78 is 0. The zero-order chi connectivity index (χ0) is 59.5. The Morgan fingerprint density at radius 2 is 1.39 bits per heavy atom. The van der Waals surface area contributed by atoms with Gasteiger partial charge in [0.25, 0.3) is 0 Å². The third kappa shape index (κ3) is 21.0. The molecule has 0 spiro atoms. The van der Waals surface area contributed by atoms with E-state index in [1.165, 1.54) is 23.1 Å². The molecule has 30 nitrogen and oxygen atoms in total. The first-order chi connectivity index (χ1) is 38.1. The number of carbonyl (C=O) groups excluding carboxylic acids is 8. The Morgan fingerprint density at radius 3 is 2.00 bits per heavy atom. The standard InChI is InChI=1S/C50H86N18O12/c51-18-3-1-12-31(56)41(72)66-39(37(69)26-55)45(76)63-32(14-6-20-53)42(73)61-27-38(70)62-34(15-7-21-54)46(77)68-23-9-17-36(68)44(75)67-50(25-30(50)28-10-5-11-29(24-28)40(57)71)48(80)65-33(13-2-4-19-52)43(74)64-35(47(78)79)16-8-22-60-49(58)59/h5,10-11,16,24,30-34,36-39,62,69-70H,1-4,6-9,12-15,17-23,25-27,51-56H2,(H2,57,71)(H,61,73)(H,63,76)(H,64,74)(H,65,80)(H,66,72)(H,67,75)(H,78,79)(H4,58,59,60)/b35-16-/t30-,31-,32-,33-,34+,36-,37-,38?,39-,50?/m0/s1. The SMILES string of the molecule is NCCCC[C@H](NC(=O)C1(NC(=O)[C@@H]2CCCN2C(=O)[C@@H](CCCN)NC(O)CNC(=O)[C@H](CCCN)NC(=O)[C@@H](NC(=O)[C@@H](N)CCCCN)[C@@H](O)CN)C[C@H]1c1cccc(C(N)=O)c1)C(=O)N/C(=C\CCN=C(N)N)C(=O)O. The van der Waals surface area contributed by atoms with E-state index in [0.29, 0.717) is 44.2 Å². The van der Waals surface area contributed by atoms with E-state index in [4.69, 9.17) is 51.6 Å². The van der Waals surface area contributed by atoms with Crippen molar-refractivity contribution in [2.45, 2.75) is 150 Å². The lowest BCUT2D eigenvalue weighted by Gasteiger charge is -2.31. The molecular formula is C50H86N18O12. The van der Waals surface area contributed by atoms with E-state index in [9.17, 15) is 58.5 Å². The molecule has 2 unspecified atom stereocenters. The van der Waals surface area contributed by atoms with Gasteiger partial charge in [-0.05, 0) is 127 Å². The number of hydrogen-bond donors (Lipinski definition) is 19. The number of carboxylic acids is 1. The van der Waals surface area contributed by atoms with E-state index in [-0.39, 0.29) is 102 Å². The number of likely N-dealkylation sites (tertiary alicyclic amines) is 1. The van der Waals surface area contributed by atoms with Gasteiger partial charge in [0, 0.05) is 31.1 Å². The molecule has 1 saturated heterocycles. The minimum Gasteiger partial charge on any atom is -0.477 e. The first-order valence-corrected chi connectivity index (χ1v) is 27.0. The van der Waals surface area contributed by atoms with Gasteiger partial charge in [0.15, 0.2) is 5.96 Å². The van der Waals surface area contributed by atoms with E-state index in [1.807, 2.05) is 0 Å². The second-order valence-electron chi connectivity index (χ2n) is 19.8. The van der Waals surface area contributed by atoms with E-state index < -0.39 is 132 Å². The number of carbonyl (C=O) groups is 9. The normalized spacial score (nSPS) is 19.4. The summed E-state index contributed by atoms with van der Waals surface area (Å²) in [5.41, 5.74) is 49.1. The van der Waals surface area contributed by atoms with Crippen LogP contribution in [0.25, 0.3) is 0 Å². The highest BCUT2D eigenvalue weighted by molar-refractivity contribution is 6.02. The first-order valence-electron chi connectivity index (χ1n) is 27.0. The van der Waals surface area contributed by atoms with Crippen LogP contribution in [-0.2, 0) is 38.4 Å². The molecule has 8 amide bonds. The fraction of sp³-hybridized carbons (Fsp3) is 0.640. The molecule has 2 fully saturated rings. The zero-order valence-corrected chi connectivity index (χ0v) is 45.2. The summed E-state index contributed by atoms with van der Waals surface area (Å²) in [6, 6.07) is -1.40. The Hall–Kier alpha value is -6.90. The van der Waals surface area contributed by atoms with Gasteiger partial charge in [-0.25, -0.2) is 4.79 Å². The Balaban J connectivity index is 1.85. The van der Waals surface area contributed by atoms with E-state index in [1.54, 1.807) is 12.1 Å². The predicted molar refractivity (Wildman–Crippen MR) is 294 cm³/mol. The highest BCUT2D eigenvalue weighted by atomic mass is 16.4. The Bertz CT molecular complexity index is 2320. The molecule has 448 valence electrons. The van der Waals surface area contributed by atoms with Gasteiger partial charge in [-0.15, -0.1) is 0 Å². The monoisotopic (exact) mass is 1130 g/mol. The lowest BCUT2D eigenvalue weighted by Crippen LogP contribution is -2.61. The molecule has 30 heteroatoms. The Kier molecular flexibility index (Phi) is 28.9. The highest BCUT2D eigenvalue weighted by Crippen LogP contribution is 2.52. The molecule has 28 N–H and O–H groups in total. The molecule has 1 aromatic carbocycles. The van der Waals surface area contributed by atoms with Gasteiger partial charge in [-0.1, -0.05) is 24.6 Å². The second kappa shape index (κ2) is 34.3. The number of amides is 8. The minimum absolute atomic E-state index is 0.00858. The van der Waals surface area contributed by atoms with Crippen molar-refractivity contribution in [2.75, 3.05) is 52.4 Å². The third-order valence-corrected chi connectivity index (χ3v) is 13.7. The quantitative estimate of drug-likeness (QED) is 0.00962. The van der Waals surface area contributed by atoms with Crippen molar-refractivity contribution in [1.29, 1.82) is 0 Å². The Labute approximate surface area is 464 Å². The lowest BCUT2D eigenvalue weighted by molar-refractivity contribution is -0.142. The number of nitrogens with zero attached hydrogens (tertiary/aromatic N) is 2. The summed E-state index contributed by atoms with van der Waals surface area (Å²) in [5, 5.41) is 49.9. The lowest BCUT2D eigenvalue weighted by atomic mass is 10.0. The minimum atomic E-state index is -1.76. The van der Waals surface area contributed by atoms with E-state index in [2.05, 4.69) is 42.2 Å². The molecule has 1 aliphatic heterocycles. The van der Waals surface area contributed by atoms with Gasteiger partial charge in [0.1, 0.15) is 41.6 Å². The number of nitrogens with two attached hydrogens (primary N) is 9. The predicted octanol–water partition coefficient (Wildman–Crippen LogP) is -6.90. The summed E-state index contributed by atoms with van der Waals surface area (Å²) in [4.78, 5) is 127. The van der Waals surface area contributed by atoms with Crippen LogP contribution in [-0.4, -0.2) is 186 Å². The maximum Gasteiger partial charge on any atom is 0.352 e. The molecule has 2 aliphatic rings. The number of aliphatic carboxylic acids is 1. The fourth-order valence-electron chi connectivity index (χ4n) is 9.13. The number of aliphatic imine (C=N–C) groups is 1. The van der Waals surface area contributed by atoms with Gasteiger partial charge < -0.3 is 104 Å². The summed E-state index contributed by atoms with van der Waals surface area (Å²) in [5.74, 6) is -8.72. The van der Waals surface area contributed by atoms with Gasteiger partial charge in [-0.2, -0.15) is 0 Å². The maximum atomic E-state index is 14.7. The topological polar surface area (TPSA) is 548 Å². The van der Waals surface area contributed by atoms with Crippen LogP contribution in [0, 0.1) is 0 Å². The van der Waals surface area contributed by atoms with Crippen LogP contribution >= 0.6 is 0 Å². The first kappa shape index (κ1) is 67.4. The van der Waals surface area contributed by atoms with Crippen molar-refractivity contribution in [1.82, 2.24) is 42.1 Å². The molecular weight excluding hydrogens is 1040 g/mol. The van der Waals surface area contributed by atoms with Crippen LogP contribution in [0.4, 0.5) is 0 Å². The number of rotatable bonds is 38. The molecule has 80 heavy (non-hydrogen) atoms. The van der Waals surface area contributed by atoms with E-state index >= 15 is 0 Å². The van der Waals surface area contributed by atoms with Gasteiger partial charge in [-0.3, -0.25) is 48.7 Å². The van der Waals surface area contributed by atoms with Crippen molar-refractivity contribution < 1.29 is 58.5 Å². The zero-order valence-electron chi connectivity index (χ0n) is 45.2. The summed E-state index contributed by atoms with van der Waals surface area (Å²) in [7, 11) is 0. The van der Waals surface area contributed by atoms with Crippen molar-refractivity contribution in [3.05, 3.63) is 47.2 Å². The number of nitrogens with one attached hydrogen (secondary N) is 7. The average Bonchev–Trinajstić information content (AvgIpc) is 3.94. The number of aliphatic hydroxyl groups is 2. The molecule has 0 bridgehead atoms. The number of benzene rings is 1. The van der Waals surface area contributed by atoms with Gasteiger partial charge in [0.05, 0.1) is 24.7 Å². The number of unbranched alkanes of at least 4 members (excludes halogenated alkanes) is 2. The molecule has 1 aromatic rings. The maximum absolute atomic E-state index is 14.7. The number of primary amides is 1. The van der Waals surface area contributed by atoms with Crippen molar-refractivity contribution in [2.24, 2.45) is 56.6 Å². The number of aliphatic hydroxyl groups excluding tert-OH is 2. The van der Waals surface area contributed by atoms with Gasteiger partial charge >= 0.3 is 5.97 Å². The van der Waals surface area contributed by atoms with Crippen LogP contribution in [0.1, 0.15) is 112 Å². The number of hydrogen-bond acceptors (Lipinski definition) is 19.